The van der Waals surface area contributed by atoms with Gasteiger partial charge in [0, 0.05) is 11.6 Å². The fourth-order valence-corrected chi connectivity index (χ4v) is 1.48. The fraction of sp³-hybridized carbons (Fsp3) is 0.111. The molecule has 0 bridgehead atoms. The largest absolute Gasteiger partial charge is 0.478 e. The number of aromatic amines is 1. The summed E-state index contributed by atoms with van der Waals surface area (Å²) in [5, 5.41) is 8.77. The molecule has 0 saturated carbocycles. The van der Waals surface area contributed by atoms with Crippen LogP contribution in [0, 0.1) is 0 Å². The van der Waals surface area contributed by atoms with Crippen LogP contribution in [0.3, 0.4) is 0 Å². The minimum absolute atomic E-state index is 0. The van der Waals surface area contributed by atoms with Crippen molar-refractivity contribution in [2.75, 3.05) is 0 Å². The molecule has 92 valence electrons. The molecule has 8 heteroatoms. The van der Waals surface area contributed by atoms with Crippen molar-refractivity contribution >= 4 is 29.3 Å². The van der Waals surface area contributed by atoms with Gasteiger partial charge >= 0.3 is 12.1 Å². The van der Waals surface area contributed by atoms with Crippen LogP contribution in [0.5, 0.6) is 0 Å². The van der Waals surface area contributed by atoms with Crippen molar-refractivity contribution in [2.45, 2.75) is 6.18 Å². The first kappa shape index (κ1) is 13.3. The van der Waals surface area contributed by atoms with Gasteiger partial charge in [0.05, 0.1) is 17.3 Å². The van der Waals surface area contributed by atoms with Gasteiger partial charge < -0.3 is 10.1 Å². The first-order valence-electron chi connectivity index (χ1n) is 4.17. The summed E-state index contributed by atoms with van der Waals surface area (Å²) in [5.41, 5.74) is -1.99. The number of nitrogens with zero attached hydrogens (tertiary/aromatic N) is 1. The van der Waals surface area contributed by atoms with Gasteiger partial charge in [-0.1, -0.05) is 0 Å². The van der Waals surface area contributed by atoms with Gasteiger partial charge in [-0.15, -0.1) is 12.4 Å². The third-order valence-corrected chi connectivity index (χ3v) is 2.10. The highest BCUT2D eigenvalue weighted by molar-refractivity contribution is 6.04. The van der Waals surface area contributed by atoms with Gasteiger partial charge in [0.2, 0.25) is 0 Å². The molecule has 2 aromatic heterocycles. The zero-order chi connectivity index (χ0) is 11.9. The lowest BCUT2D eigenvalue weighted by atomic mass is 10.1. The van der Waals surface area contributed by atoms with Gasteiger partial charge in [-0.2, -0.15) is 13.2 Å². The molecule has 0 fully saturated rings. The highest BCUT2D eigenvalue weighted by Crippen LogP contribution is 2.34. The first-order chi connectivity index (χ1) is 7.41. The minimum Gasteiger partial charge on any atom is -0.478 e. The van der Waals surface area contributed by atoms with Crippen LogP contribution in [-0.4, -0.2) is 21.0 Å². The maximum atomic E-state index is 12.5. The molecule has 0 saturated heterocycles. The number of fused-ring (bicyclic) bond motifs is 1. The average Bonchev–Trinajstić information content (AvgIpc) is 2.55. The Bertz CT molecular complexity index is 565. The summed E-state index contributed by atoms with van der Waals surface area (Å²) in [5.74, 6) is -1.62. The smallest absolute Gasteiger partial charge is 0.432 e. The number of halogens is 4. The monoisotopic (exact) mass is 266 g/mol. The molecule has 2 rings (SSSR count). The van der Waals surface area contributed by atoms with Crippen LogP contribution in [0.4, 0.5) is 13.2 Å². The Morgan fingerprint density at radius 2 is 2.06 bits per heavy atom. The third-order valence-electron chi connectivity index (χ3n) is 2.10. The summed E-state index contributed by atoms with van der Waals surface area (Å²) >= 11 is 0. The average molecular weight is 267 g/mol. The number of rotatable bonds is 1. The van der Waals surface area contributed by atoms with E-state index in [0.717, 1.165) is 6.20 Å². The van der Waals surface area contributed by atoms with E-state index in [4.69, 9.17) is 5.11 Å². The number of hydrogen-bond donors (Lipinski definition) is 2. The normalized spacial score (nSPS) is 11.2. The van der Waals surface area contributed by atoms with Crippen molar-refractivity contribution in [3.8, 4) is 0 Å². The lowest BCUT2D eigenvalue weighted by Crippen LogP contribution is -2.11. The van der Waals surface area contributed by atoms with Gasteiger partial charge in [-0.25, -0.2) is 4.79 Å². The molecule has 17 heavy (non-hydrogen) atoms. The molecule has 0 aliphatic heterocycles. The second-order valence-electron chi connectivity index (χ2n) is 3.10. The predicted molar refractivity (Wildman–Crippen MR) is 55.3 cm³/mol. The molecule has 2 heterocycles. The number of hydrogen-bond acceptors (Lipinski definition) is 2. The van der Waals surface area contributed by atoms with E-state index in [1.165, 1.54) is 12.3 Å². The highest BCUT2D eigenvalue weighted by Gasteiger charge is 2.38. The van der Waals surface area contributed by atoms with Gasteiger partial charge in [0.15, 0.2) is 0 Å². The number of pyridine rings is 1. The van der Waals surface area contributed by atoms with E-state index in [2.05, 4.69) is 4.98 Å². The highest BCUT2D eigenvalue weighted by atomic mass is 35.5. The quantitative estimate of drug-likeness (QED) is 0.834. The van der Waals surface area contributed by atoms with Crippen LogP contribution in [0.25, 0.3) is 10.9 Å². The van der Waals surface area contributed by atoms with Crippen molar-refractivity contribution in [1.82, 2.24) is 9.97 Å². The van der Waals surface area contributed by atoms with Gasteiger partial charge in [-0.05, 0) is 6.07 Å². The number of nitrogens with one attached hydrogen (secondary N) is 1. The number of H-pyrrole nitrogens is 1. The molecule has 0 unspecified atom stereocenters. The predicted octanol–water partition coefficient (Wildman–Crippen LogP) is 2.70. The van der Waals surface area contributed by atoms with Crippen molar-refractivity contribution in [3.05, 3.63) is 29.7 Å². The maximum absolute atomic E-state index is 12.5. The van der Waals surface area contributed by atoms with Gasteiger partial charge in [0.25, 0.3) is 0 Å². The van der Waals surface area contributed by atoms with E-state index in [1.807, 2.05) is 4.98 Å². The van der Waals surface area contributed by atoms with E-state index < -0.39 is 23.4 Å². The molecule has 0 aromatic carbocycles. The molecule has 4 nitrogen and oxygen atoms in total. The topological polar surface area (TPSA) is 66.0 Å². The first-order valence-corrected chi connectivity index (χ1v) is 4.17. The molecular formula is C9H6ClF3N2O2. The summed E-state index contributed by atoms with van der Waals surface area (Å²) in [6.07, 6.45) is -2.34. The Labute approximate surface area is 98.9 Å². The Morgan fingerprint density at radius 1 is 1.41 bits per heavy atom. The van der Waals surface area contributed by atoms with Crippen LogP contribution in [-0.2, 0) is 6.18 Å². The van der Waals surface area contributed by atoms with Crippen molar-refractivity contribution < 1.29 is 23.1 Å². The van der Waals surface area contributed by atoms with Crippen LogP contribution < -0.4 is 0 Å². The zero-order valence-corrected chi connectivity index (χ0v) is 8.89. The summed E-state index contributed by atoms with van der Waals surface area (Å²) in [7, 11) is 0. The summed E-state index contributed by atoms with van der Waals surface area (Å²) in [6.45, 7) is 0. The summed E-state index contributed by atoms with van der Waals surface area (Å²) in [6, 6.07) is 1.23. The van der Waals surface area contributed by atoms with E-state index in [-0.39, 0.29) is 23.3 Å². The van der Waals surface area contributed by atoms with Gasteiger partial charge in [0.1, 0.15) is 5.69 Å². The lowest BCUT2D eigenvalue weighted by Gasteiger charge is -2.04. The van der Waals surface area contributed by atoms with Crippen molar-refractivity contribution in [3.63, 3.8) is 0 Å². The summed E-state index contributed by atoms with van der Waals surface area (Å²) in [4.78, 5) is 16.4. The molecule has 0 spiro atoms. The Hall–Kier alpha value is -1.76. The molecule has 2 N–H and O–H groups in total. The van der Waals surface area contributed by atoms with E-state index in [0.29, 0.717) is 0 Å². The number of carbonyl (C=O) groups is 1. The Morgan fingerprint density at radius 3 is 2.59 bits per heavy atom. The van der Waals surface area contributed by atoms with E-state index >= 15 is 0 Å². The number of carboxylic acids is 1. The maximum Gasteiger partial charge on any atom is 0.432 e. The van der Waals surface area contributed by atoms with E-state index in [9.17, 15) is 18.0 Å². The molecule has 0 amide bonds. The second-order valence-corrected chi connectivity index (χ2v) is 3.10. The molecule has 0 atom stereocenters. The number of aromatic carboxylic acids is 1. The van der Waals surface area contributed by atoms with Crippen LogP contribution in [0.1, 0.15) is 16.1 Å². The number of carboxylic acid groups (broad SMARTS) is 1. The number of alkyl halides is 3. The van der Waals surface area contributed by atoms with Crippen molar-refractivity contribution in [2.24, 2.45) is 0 Å². The van der Waals surface area contributed by atoms with Crippen molar-refractivity contribution in [1.29, 1.82) is 0 Å². The SMILES string of the molecule is Cl.O=C(O)c1c(C(F)(F)F)[nH]c2cnccc12. The number of aromatic nitrogens is 2. The third kappa shape index (κ3) is 2.19. The fourth-order valence-electron chi connectivity index (χ4n) is 1.48. The van der Waals surface area contributed by atoms with Crippen LogP contribution >= 0.6 is 12.4 Å². The second kappa shape index (κ2) is 4.25. The molecule has 0 aliphatic carbocycles. The van der Waals surface area contributed by atoms with E-state index in [1.54, 1.807) is 0 Å². The zero-order valence-electron chi connectivity index (χ0n) is 8.08. The molecule has 0 radical (unpaired) electrons. The lowest BCUT2D eigenvalue weighted by molar-refractivity contribution is -0.141. The van der Waals surface area contributed by atoms with Gasteiger partial charge in [-0.3, -0.25) is 4.98 Å². The van der Waals surface area contributed by atoms with Crippen LogP contribution in [0.15, 0.2) is 18.5 Å². The Balaban J connectivity index is 0.00000144. The minimum atomic E-state index is -4.73. The molecule has 0 aliphatic rings. The standard InChI is InChI=1S/C9H5F3N2O2.ClH/c10-9(11,12)7-6(8(15)16)4-1-2-13-3-5(4)14-7;/h1-3,14H,(H,15,16);1H. The molecular weight excluding hydrogens is 261 g/mol. The molecule has 2 aromatic rings. The Kier molecular flexibility index (Phi) is 3.33. The summed E-state index contributed by atoms with van der Waals surface area (Å²) < 4.78 is 37.6. The van der Waals surface area contributed by atoms with Crippen LogP contribution in [0.2, 0.25) is 0 Å².